The summed E-state index contributed by atoms with van der Waals surface area (Å²) in [6.45, 7) is 0. The standard InChI is InChI=1S/C21H21N3O2S2/c1-25-20-10-9-16(12-17(20)14-28-15-19-8-5-11-26-19)13-22-24-21(27)23-18-6-3-2-4-7-18/h2-13H,14-15H2,1H3,(H2,23,24,27)/b22-13+. The molecule has 7 heteroatoms. The van der Waals surface area contributed by atoms with Crippen LogP contribution >= 0.6 is 24.0 Å². The smallest absolute Gasteiger partial charge is 0.191 e. The molecule has 0 saturated carbocycles. The molecule has 1 heterocycles. The average Bonchev–Trinajstić information content (AvgIpc) is 3.22. The number of hydrogen-bond acceptors (Lipinski definition) is 5. The van der Waals surface area contributed by atoms with Crippen molar-refractivity contribution in [2.75, 3.05) is 12.4 Å². The van der Waals surface area contributed by atoms with Gasteiger partial charge in [-0.1, -0.05) is 18.2 Å². The first-order valence-corrected chi connectivity index (χ1v) is 10.2. The lowest BCUT2D eigenvalue weighted by Crippen LogP contribution is -2.23. The molecule has 0 unspecified atom stereocenters. The fourth-order valence-electron chi connectivity index (χ4n) is 2.49. The number of rotatable bonds is 8. The molecule has 0 atom stereocenters. The summed E-state index contributed by atoms with van der Waals surface area (Å²) in [5, 5.41) is 7.72. The first kappa shape index (κ1) is 20.0. The lowest BCUT2D eigenvalue weighted by atomic mass is 10.1. The van der Waals surface area contributed by atoms with E-state index in [1.54, 1.807) is 31.3 Å². The number of hydrogen-bond donors (Lipinski definition) is 2. The lowest BCUT2D eigenvalue weighted by molar-refractivity contribution is 0.411. The molecule has 0 fully saturated rings. The van der Waals surface area contributed by atoms with Crippen molar-refractivity contribution in [1.29, 1.82) is 0 Å². The van der Waals surface area contributed by atoms with Gasteiger partial charge in [-0.25, -0.2) is 0 Å². The summed E-state index contributed by atoms with van der Waals surface area (Å²) in [5.74, 6) is 3.45. The number of nitrogens with zero attached hydrogens (tertiary/aromatic N) is 1. The van der Waals surface area contributed by atoms with Crippen LogP contribution in [-0.4, -0.2) is 18.4 Å². The first-order chi connectivity index (χ1) is 13.7. The van der Waals surface area contributed by atoms with E-state index in [1.165, 1.54) is 0 Å². The van der Waals surface area contributed by atoms with Crippen LogP contribution in [0.4, 0.5) is 5.69 Å². The predicted octanol–water partition coefficient (Wildman–Crippen LogP) is 5.04. The third-order valence-corrected chi connectivity index (χ3v) is 4.99. The molecule has 0 aliphatic rings. The van der Waals surface area contributed by atoms with Crippen LogP contribution in [0.3, 0.4) is 0 Å². The summed E-state index contributed by atoms with van der Waals surface area (Å²) in [5.41, 5.74) is 5.81. The Labute approximate surface area is 174 Å². The molecule has 0 spiro atoms. The molecule has 28 heavy (non-hydrogen) atoms. The van der Waals surface area contributed by atoms with Gasteiger partial charge in [0.25, 0.3) is 0 Å². The quantitative estimate of drug-likeness (QED) is 0.308. The van der Waals surface area contributed by atoms with E-state index in [1.807, 2.05) is 54.6 Å². The summed E-state index contributed by atoms with van der Waals surface area (Å²) in [7, 11) is 1.68. The van der Waals surface area contributed by atoms with Gasteiger partial charge in [0.2, 0.25) is 0 Å². The second-order valence-electron chi connectivity index (χ2n) is 5.83. The minimum absolute atomic E-state index is 0.435. The summed E-state index contributed by atoms with van der Waals surface area (Å²) in [6.07, 6.45) is 3.43. The zero-order chi connectivity index (χ0) is 19.6. The van der Waals surface area contributed by atoms with Gasteiger partial charge >= 0.3 is 0 Å². The molecule has 0 bridgehead atoms. The van der Waals surface area contributed by atoms with Gasteiger partial charge in [0, 0.05) is 17.0 Å². The summed E-state index contributed by atoms with van der Waals surface area (Å²) >= 11 is 7.01. The van der Waals surface area contributed by atoms with Crippen LogP contribution in [0.5, 0.6) is 5.75 Å². The van der Waals surface area contributed by atoms with Crippen molar-refractivity contribution < 1.29 is 9.15 Å². The normalized spacial score (nSPS) is 10.8. The molecule has 2 aromatic carbocycles. The SMILES string of the molecule is COc1ccc(/C=N/NC(=S)Nc2ccccc2)cc1CSCc1ccco1. The van der Waals surface area contributed by atoms with Crippen LogP contribution in [0.2, 0.25) is 0 Å². The van der Waals surface area contributed by atoms with Crippen LogP contribution < -0.4 is 15.5 Å². The average molecular weight is 412 g/mol. The van der Waals surface area contributed by atoms with Crippen LogP contribution in [0.15, 0.2) is 76.4 Å². The third-order valence-electron chi connectivity index (χ3n) is 3.80. The Morgan fingerprint density at radius 1 is 1.14 bits per heavy atom. The molecule has 0 radical (unpaired) electrons. The van der Waals surface area contributed by atoms with Crippen molar-refractivity contribution >= 4 is 41.0 Å². The number of ether oxygens (including phenoxy) is 1. The van der Waals surface area contributed by atoms with Gasteiger partial charge in [-0.2, -0.15) is 5.10 Å². The molecule has 144 valence electrons. The molecule has 5 nitrogen and oxygen atoms in total. The van der Waals surface area contributed by atoms with E-state index in [0.717, 1.165) is 39.8 Å². The Morgan fingerprint density at radius 2 is 2.00 bits per heavy atom. The summed E-state index contributed by atoms with van der Waals surface area (Å²) in [4.78, 5) is 0. The molecule has 3 rings (SSSR count). The van der Waals surface area contributed by atoms with Crippen LogP contribution in [0.1, 0.15) is 16.9 Å². The van der Waals surface area contributed by atoms with E-state index in [-0.39, 0.29) is 0 Å². The zero-order valence-electron chi connectivity index (χ0n) is 15.4. The number of thioether (sulfide) groups is 1. The number of anilines is 1. The van der Waals surface area contributed by atoms with E-state index in [2.05, 4.69) is 21.9 Å². The highest BCUT2D eigenvalue weighted by Crippen LogP contribution is 2.26. The zero-order valence-corrected chi connectivity index (χ0v) is 17.1. The molecule has 0 saturated heterocycles. The van der Waals surface area contributed by atoms with Crippen molar-refractivity contribution in [1.82, 2.24) is 5.43 Å². The number of furan rings is 1. The molecule has 0 aliphatic carbocycles. The topological polar surface area (TPSA) is 58.8 Å². The van der Waals surface area contributed by atoms with Gasteiger partial charge in [0.05, 0.1) is 25.3 Å². The number of thiocarbonyl (C=S) groups is 1. The van der Waals surface area contributed by atoms with Gasteiger partial charge in [-0.05, 0) is 60.2 Å². The fourth-order valence-corrected chi connectivity index (χ4v) is 3.58. The maximum Gasteiger partial charge on any atom is 0.191 e. The highest BCUT2D eigenvalue weighted by Gasteiger charge is 2.05. The van der Waals surface area contributed by atoms with Gasteiger partial charge in [-0.15, -0.1) is 11.8 Å². The Morgan fingerprint density at radius 3 is 2.75 bits per heavy atom. The van der Waals surface area contributed by atoms with E-state index in [0.29, 0.717) is 5.11 Å². The number of para-hydroxylation sites is 1. The van der Waals surface area contributed by atoms with Crippen molar-refractivity contribution in [2.45, 2.75) is 11.5 Å². The molecule has 0 amide bonds. The number of benzene rings is 2. The minimum Gasteiger partial charge on any atom is -0.496 e. The second kappa shape index (κ2) is 10.5. The van der Waals surface area contributed by atoms with E-state index in [4.69, 9.17) is 21.4 Å². The number of hydrazone groups is 1. The second-order valence-corrected chi connectivity index (χ2v) is 7.23. The predicted molar refractivity (Wildman–Crippen MR) is 120 cm³/mol. The van der Waals surface area contributed by atoms with Crippen LogP contribution in [0.25, 0.3) is 0 Å². The Hall–Kier alpha value is -2.77. The highest BCUT2D eigenvalue weighted by molar-refractivity contribution is 7.97. The molecule has 3 aromatic rings. The largest absolute Gasteiger partial charge is 0.496 e. The molecule has 1 aromatic heterocycles. The molecular weight excluding hydrogens is 390 g/mol. The lowest BCUT2D eigenvalue weighted by Gasteiger charge is -2.09. The number of nitrogens with one attached hydrogen (secondary N) is 2. The highest BCUT2D eigenvalue weighted by atomic mass is 32.2. The van der Waals surface area contributed by atoms with Crippen LogP contribution in [-0.2, 0) is 11.5 Å². The monoisotopic (exact) mass is 411 g/mol. The minimum atomic E-state index is 0.435. The molecule has 0 aliphatic heterocycles. The van der Waals surface area contributed by atoms with Gasteiger partial charge in [-0.3, -0.25) is 5.43 Å². The van der Waals surface area contributed by atoms with Gasteiger partial charge in [0.15, 0.2) is 5.11 Å². The Bertz CT molecular complexity index is 913. The first-order valence-electron chi connectivity index (χ1n) is 8.67. The fraction of sp³-hybridized carbons (Fsp3) is 0.143. The van der Waals surface area contributed by atoms with E-state index >= 15 is 0 Å². The number of methoxy groups -OCH3 is 1. The van der Waals surface area contributed by atoms with Crippen molar-refractivity contribution in [3.8, 4) is 5.75 Å². The third kappa shape index (κ3) is 6.14. The summed E-state index contributed by atoms with van der Waals surface area (Å²) < 4.78 is 10.8. The Kier molecular flexibility index (Phi) is 7.52. The summed E-state index contributed by atoms with van der Waals surface area (Å²) in [6, 6.07) is 19.6. The van der Waals surface area contributed by atoms with Gasteiger partial charge < -0.3 is 14.5 Å². The Balaban J connectivity index is 1.55. The van der Waals surface area contributed by atoms with Crippen molar-refractivity contribution in [3.63, 3.8) is 0 Å². The maximum absolute atomic E-state index is 5.47. The van der Waals surface area contributed by atoms with Gasteiger partial charge in [0.1, 0.15) is 11.5 Å². The van der Waals surface area contributed by atoms with Crippen molar-refractivity contribution in [3.05, 3.63) is 83.8 Å². The van der Waals surface area contributed by atoms with E-state index < -0.39 is 0 Å². The molecule has 2 N–H and O–H groups in total. The van der Waals surface area contributed by atoms with Crippen LogP contribution in [0, 0.1) is 0 Å². The van der Waals surface area contributed by atoms with Crippen molar-refractivity contribution in [2.24, 2.45) is 5.10 Å². The van der Waals surface area contributed by atoms with E-state index in [9.17, 15) is 0 Å². The molecular formula is C21H21N3O2S2. The maximum atomic E-state index is 5.47.